The summed E-state index contributed by atoms with van der Waals surface area (Å²) in [5.41, 5.74) is 0.970. The summed E-state index contributed by atoms with van der Waals surface area (Å²) < 4.78 is 18.5. The number of rotatable bonds is 6. The van der Waals surface area contributed by atoms with E-state index in [-0.39, 0.29) is 5.82 Å². The molecular weight excluding hydrogens is 205 g/mol. The Labute approximate surface area is 96.8 Å². The molecule has 0 saturated carbocycles. The second-order valence-electron chi connectivity index (χ2n) is 4.01. The number of ether oxygens (including phenoxy) is 1. The Bertz CT molecular complexity index is 328. The average molecular weight is 225 g/mol. The summed E-state index contributed by atoms with van der Waals surface area (Å²) in [5, 5.41) is 3.30. The van der Waals surface area contributed by atoms with E-state index in [2.05, 4.69) is 19.2 Å². The molecule has 0 aliphatic rings. The van der Waals surface area contributed by atoms with Crippen molar-refractivity contribution in [3.8, 4) is 5.75 Å². The van der Waals surface area contributed by atoms with E-state index in [0.29, 0.717) is 18.4 Å². The lowest BCUT2D eigenvalue weighted by Gasteiger charge is -2.14. The van der Waals surface area contributed by atoms with Crippen LogP contribution in [0.5, 0.6) is 5.75 Å². The van der Waals surface area contributed by atoms with Gasteiger partial charge in [-0.2, -0.15) is 0 Å². The van der Waals surface area contributed by atoms with Crippen LogP contribution in [0.1, 0.15) is 25.8 Å². The van der Waals surface area contributed by atoms with Gasteiger partial charge in [-0.15, -0.1) is 0 Å². The van der Waals surface area contributed by atoms with Gasteiger partial charge in [0.1, 0.15) is 11.6 Å². The molecule has 1 rings (SSSR count). The molecule has 16 heavy (non-hydrogen) atoms. The van der Waals surface area contributed by atoms with Gasteiger partial charge >= 0.3 is 0 Å². The Morgan fingerprint density at radius 3 is 2.88 bits per heavy atom. The van der Waals surface area contributed by atoms with Crippen LogP contribution in [0.15, 0.2) is 18.2 Å². The van der Waals surface area contributed by atoms with E-state index in [1.54, 1.807) is 6.07 Å². The molecule has 1 unspecified atom stereocenters. The smallest absolute Gasteiger partial charge is 0.126 e. The highest BCUT2D eigenvalue weighted by molar-refractivity contribution is 5.32. The Hall–Kier alpha value is -1.09. The molecule has 3 heteroatoms. The highest BCUT2D eigenvalue weighted by Crippen LogP contribution is 2.18. The quantitative estimate of drug-likeness (QED) is 0.803. The van der Waals surface area contributed by atoms with Crippen LogP contribution >= 0.6 is 0 Å². The zero-order chi connectivity index (χ0) is 12.0. The zero-order valence-corrected chi connectivity index (χ0v) is 10.2. The van der Waals surface area contributed by atoms with Gasteiger partial charge in [0.15, 0.2) is 0 Å². The molecule has 0 amide bonds. The fourth-order valence-corrected chi connectivity index (χ4v) is 1.53. The molecule has 2 nitrogen and oxygen atoms in total. The van der Waals surface area contributed by atoms with Crippen molar-refractivity contribution in [2.75, 3.05) is 13.2 Å². The fourth-order valence-electron chi connectivity index (χ4n) is 1.53. The first-order valence-corrected chi connectivity index (χ1v) is 5.75. The summed E-state index contributed by atoms with van der Waals surface area (Å²) in [6, 6.07) is 5.05. The molecule has 0 saturated heterocycles. The van der Waals surface area contributed by atoms with E-state index in [4.69, 9.17) is 4.74 Å². The Kier molecular flexibility index (Phi) is 5.26. The number of hydrogen-bond donors (Lipinski definition) is 1. The molecular formula is C13H20FNO. The minimum absolute atomic E-state index is 0.250. The average Bonchev–Trinajstić information content (AvgIpc) is 2.23. The van der Waals surface area contributed by atoms with Gasteiger partial charge in [-0.25, -0.2) is 4.39 Å². The number of halogens is 1. The van der Waals surface area contributed by atoms with Gasteiger partial charge in [0.05, 0.1) is 6.61 Å². The van der Waals surface area contributed by atoms with E-state index in [1.165, 1.54) is 12.1 Å². The highest BCUT2D eigenvalue weighted by atomic mass is 19.1. The van der Waals surface area contributed by atoms with Crippen molar-refractivity contribution in [1.29, 1.82) is 0 Å². The lowest BCUT2D eigenvalue weighted by atomic mass is 10.2. The van der Waals surface area contributed by atoms with Crippen LogP contribution in [0.25, 0.3) is 0 Å². The molecule has 0 aliphatic heterocycles. The van der Waals surface area contributed by atoms with Crippen LogP contribution in [0.4, 0.5) is 4.39 Å². The summed E-state index contributed by atoms with van der Waals surface area (Å²) in [6.07, 6.45) is 0.920. The molecule has 0 bridgehead atoms. The predicted molar refractivity (Wildman–Crippen MR) is 64.4 cm³/mol. The fraction of sp³-hybridized carbons (Fsp3) is 0.538. The summed E-state index contributed by atoms with van der Waals surface area (Å²) in [5.74, 6) is 0.393. The number of hydrogen-bond acceptors (Lipinski definition) is 2. The van der Waals surface area contributed by atoms with Gasteiger partial charge in [0.2, 0.25) is 0 Å². The number of aryl methyl sites for hydroxylation is 1. The topological polar surface area (TPSA) is 21.3 Å². The minimum Gasteiger partial charge on any atom is -0.493 e. The molecule has 90 valence electrons. The van der Waals surface area contributed by atoms with Gasteiger partial charge in [-0.3, -0.25) is 0 Å². The third-order valence-electron chi connectivity index (χ3n) is 2.51. The van der Waals surface area contributed by atoms with E-state index < -0.39 is 0 Å². The molecule has 0 fully saturated rings. The van der Waals surface area contributed by atoms with E-state index in [1.807, 2.05) is 6.92 Å². The second-order valence-corrected chi connectivity index (χ2v) is 4.01. The molecule has 0 aromatic heterocycles. The minimum atomic E-state index is -0.250. The van der Waals surface area contributed by atoms with Crippen LogP contribution in [0.2, 0.25) is 0 Å². The lowest BCUT2D eigenvalue weighted by Crippen LogP contribution is -2.27. The maximum Gasteiger partial charge on any atom is 0.126 e. The number of nitrogens with one attached hydrogen (secondary N) is 1. The Morgan fingerprint density at radius 2 is 2.19 bits per heavy atom. The van der Waals surface area contributed by atoms with E-state index in [9.17, 15) is 4.39 Å². The predicted octanol–water partition coefficient (Wildman–Crippen LogP) is 2.90. The molecule has 0 radical (unpaired) electrons. The van der Waals surface area contributed by atoms with Crippen molar-refractivity contribution >= 4 is 0 Å². The summed E-state index contributed by atoms with van der Waals surface area (Å²) >= 11 is 0. The van der Waals surface area contributed by atoms with Crippen molar-refractivity contribution < 1.29 is 9.13 Å². The highest BCUT2D eigenvalue weighted by Gasteiger charge is 2.03. The van der Waals surface area contributed by atoms with Crippen molar-refractivity contribution in [1.82, 2.24) is 5.32 Å². The van der Waals surface area contributed by atoms with Crippen LogP contribution in [0.3, 0.4) is 0 Å². The molecule has 1 N–H and O–H groups in total. The molecule has 1 aromatic carbocycles. The third kappa shape index (κ3) is 4.19. The van der Waals surface area contributed by atoms with Gasteiger partial charge in [-0.05, 0) is 38.4 Å². The van der Waals surface area contributed by atoms with Crippen molar-refractivity contribution in [3.05, 3.63) is 29.6 Å². The van der Waals surface area contributed by atoms with Crippen molar-refractivity contribution in [2.45, 2.75) is 33.2 Å². The van der Waals surface area contributed by atoms with Gasteiger partial charge in [0, 0.05) is 12.1 Å². The van der Waals surface area contributed by atoms with Crippen LogP contribution in [0, 0.1) is 12.7 Å². The molecule has 0 aliphatic carbocycles. The van der Waals surface area contributed by atoms with Gasteiger partial charge in [-0.1, -0.05) is 13.0 Å². The van der Waals surface area contributed by atoms with Crippen molar-refractivity contribution in [3.63, 3.8) is 0 Å². The van der Waals surface area contributed by atoms with Gasteiger partial charge < -0.3 is 10.1 Å². The standard InChI is InChI=1S/C13H20FNO/c1-4-15-11(3)7-8-16-13-9-12(14)6-5-10(13)2/h5-6,9,11,15H,4,7-8H2,1-3H3. The first-order valence-electron chi connectivity index (χ1n) is 5.75. The van der Waals surface area contributed by atoms with Crippen LogP contribution < -0.4 is 10.1 Å². The molecule has 1 atom stereocenters. The third-order valence-corrected chi connectivity index (χ3v) is 2.51. The lowest BCUT2D eigenvalue weighted by molar-refractivity contribution is 0.288. The largest absolute Gasteiger partial charge is 0.493 e. The second kappa shape index (κ2) is 6.48. The Morgan fingerprint density at radius 1 is 1.44 bits per heavy atom. The summed E-state index contributed by atoms with van der Waals surface area (Å²) in [6.45, 7) is 7.68. The molecule has 0 heterocycles. The SMILES string of the molecule is CCNC(C)CCOc1cc(F)ccc1C. The normalized spacial score (nSPS) is 12.5. The van der Waals surface area contributed by atoms with Gasteiger partial charge in [0.25, 0.3) is 0 Å². The molecule has 1 aromatic rings. The summed E-state index contributed by atoms with van der Waals surface area (Å²) in [4.78, 5) is 0. The first kappa shape index (κ1) is 13.0. The van der Waals surface area contributed by atoms with E-state index >= 15 is 0 Å². The van der Waals surface area contributed by atoms with Crippen molar-refractivity contribution in [2.24, 2.45) is 0 Å². The maximum absolute atomic E-state index is 13.0. The Balaban J connectivity index is 2.39. The van der Waals surface area contributed by atoms with Crippen LogP contribution in [-0.2, 0) is 0 Å². The number of benzene rings is 1. The van der Waals surface area contributed by atoms with Crippen LogP contribution in [-0.4, -0.2) is 19.2 Å². The maximum atomic E-state index is 13.0. The molecule has 0 spiro atoms. The summed E-state index contributed by atoms with van der Waals surface area (Å²) in [7, 11) is 0. The monoisotopic (exact) mass is 225 g/mol. The zero-order valence-electron chi connectivity index (χ0n) is 10.2. The van der Waals surface area contributed by atoms with E-state index in [0.717, 1.165) is 18.5 Å². The first-order chi connectivity index (χ1) is 7.63.